The quantitative estimate of drug-likeness (QED) is 0.787. The molecule has 2 aromatic rings. The van der Waals surface area contributed by atoms with E-state index < -0.39 is 0 Å². The second-order valence-electron chi connectivity index (χ2n) is 6.03. The Morgan fingerprint density at radius 1 is 1.25 bits per heavy atom. The van der Waals surface area contributed by atoms with Crippen molar-refractivity contribution in [1.29, 1.82) is 0 Å². The first-order valence-electron chi connectivity index (χ1n) is 8.03. The van der Waals surface area contributed by atoms with Crippen molar-refractivity contribution >= 4 is 21.6 Å². The highest BCUT2D eigenvalue weighted by atomic mass is 79.9. The van der Waals surface area contributed by atoms with Crippen LogP contribution in [-0.2, 0) is 7.05 Å². The molecule has 7 heteroatoms. The third kappa shape index (κ3) is 2.56. The Labute approximate surface area is 148 Å². The minimum atomic E-state index is -0.125. The maximum absolute atomic E-state index is 12.2. The van der Waals surface area contributed by atoms with Gasteiger partial charge >= 0.3 is 0 Å². The fraction of sp³-hybridized carbons (Fsp3) is 0.412. The summed E-state index contributed by atoms with van der Waals surface area (Å²) in [6.45, 7) is 2.06. The summed E-state index contributed by atoms with van der Waals surface area (Å²) in [5.74, 6) is 1.60. The summed E-state index contributed by atoms with van der Waals surface area (Å²) in [7, 11) is 1.65. The molecule has 3 heterocycles. The summed E-state index contributed by atoms with van der Waals surface area (Å²) in [4.78, 5) is 14.4. The lowest BCUT2D eigenvalue weighted by Crippen LogP contribution is -2.28. The normalized spacial score (nSPS) is 19.6. The van der Waals surface area contributed by atoms with Crippen molar-refractivity contribution < 1.29 is 9.47 Å². The van der Waals surface area contributed by atoms with E-state index in [9.17, 15) is 4.79 Å². The van der Waals surface area contributed by atoms with Crippen LogP contribution in [-0.4, -0.2) is 29.5 Å². The molecule has 0 radical (unpaired) electrons. The van der Waals surface area contributed by atoms with E-state index in [1.54, 1.807) is 13.2 Å². The van der Waals surface area contributed by atoms with Gasteiger partial charge in [0.15, 0.2) is 11.5 Å². The average molecular weight is 392 g/mol. The van der Waals surface area contributed by atoms with E-state index in [1.807, 2.05) is 6.07 Å². The molecular formula is C17H18BrN3O3. The minimum Gasteiger partial charge on any atom is -0.486 e. The van der Waals surface area contributed by atoms with E-state index >= 15 is 0 Å². The molecule has 2 aliphatic rings. The van der Waals surface area contributed by atoms with Gasteiger partial charge in [-0.2, -0.15) is 5.10 Å². The molecule has 0 N–H and O–H groups in total. The van der Waals surface area contributed by atoms with Gasteiger partial charge in [-0.25, -0.2) is 4.68 Å². The molecule has 0 bridgehead atoms. The maximum atomic E-state index is 12.2. The number of rotatable bonds is 2. The first-order valence-corrected chi connectivity index (χ1v) is 8.82. The second kappa shape index (κ2) is 6.12. The Hall–Kier alpha value is -2.02. The molecule has 24 heavy (non-hydrogen) atoms. The third-order valence-electron chi connectivity index (χ3n) is 4.57. The molecule has 1 unspecified atom stereocenters. The summed E-state index contributed by atoms with van der Waals surface area (Å²) in [6, 6.07) is 6.31. The summed E-state index contributed by atoms with van der Waals surface area (Å²) >= 11 is 3.44. The zero-order chi connectivity index (χ0) is 16.7. The number of aromatic nitrogens is 2. The summed E-state index contributed by atoms with van der Waals surface area (Å²) in [6.07, 6.45) is 3.85. The van der Waals surface area contributed by atoms with E-state index in [0.29, 0.717) is 17.7 Å². The first-order chi connectivity index (χ1) is 11.6. The van der Waals surface area contributed by atoms with Crippen LogP contribution < -0.4 is 19.9 Å². The van der Waals surface area contributed by atoms with Gasteiger partial charge in [-0.3, -0.25) is 4.79 Å². The minimum absolute atomic E-state index is 0.125. The molecule has 0 aliphatic carbocycles. The number of anilines is 1. The number of aryl methyl sites for hydroxylation is 1. The lowest BCUT2D eigenvalue weighted by Gasteiger charge is -2.28. The van der Waals surface area contributed by atoms with Crippen LogP contribution >= 0.6 is 15.9 Å². The van der Waals surface area contributed by atoms with Crippen molar-refractivity contribution in [2.24, 2.45) is 7.05 Å². The number of fused-ring (bicyclic) bond motifs is 1. The number of hydrogen-bond acceptors (Lipinski definition) is 5. The van der Waals surface area contributed by atoms with Crippen LogP contribution in [0.2, 0.25) is 0 Å². The maximum Gasteiger partial charge on any atom is 0.282 e. The van der Waals surface area contributed by atoms with Crippen molar-refractivity contribution in [1.82, 2.24) is 9.78 Å². The van der Waals surface area contributed by atoms with E-state index in [-0.39, 0.29) is 11.6 Å². The van der Waals surface area contributed by atoms with Gasteiger partial charge in [0.05, 0.1) is 17.9 Å². The summed E-state index contributed by atoms with van der Waals surface area (Å²) < 4.78 is 13.2. The molecule has 1 fully saturated rings. The molecule has 1 aromatic carbocycles. The highest BCUT2D eigenvalue weighted by Gasteiger charge is 2.29. The smallest absolute Gasteiger partial charge is 0.282 e. The predicted octanol–water partition coefficient (Wildman–Crippen LogP) is 2.66. The summed E-state index contributed by atoms with van der Waals surface area (Å²) in [5, 5.41) is 4.17. The van der Waals surface area contributed by atoms with E-state index in [1.165, 1.54) is 10.2 Å². The molecule has 1 atom stereocenters. The van der Waals surface area contributed by atoms with Crippen LogP contribution in [0.25, 0.3) is 0 Å². The number of hydrogen-bond donors (Lipinski definition) is 0. The van der Waals surface area contributed by atoms with Crippen LogP contribution in [0.1, 0.15) is 24.4 Å². The number of benzene rings is 1. The van der Waals surface area contributed by atoms with Crippen molar-refractivity contribution in [2.75, 3.05) is 24.7 Å². The molecule has 6 nitrogen and oxygen atoms in total. The van der Waals surface area contributed by atoms with Crippen LogP contribution in [0.3, 0.4) is 0 Å². The van der Waals surface area contributed by atoms with Crippen molar-refractivity contribution in [3.05, 3.63) is 44.8 Å². The number of halogens is 1. The molecular weight excluding hydrogens is 374 g/mol. The zero-order valence-corrected chi connectivity index (χ0v) is 15.0. The van der Waals surface area contributed by atoms with Crippen LogP contribution in [0.5, 0.6) is 11.5 Å². The van der Waals surface area contributed by atoms with Gasteiger partial charge in [-0.05, 0) is 46.5 Å². The van der Waals surface area contributed by atoms with Gasteiger partial charge in [-0.1, -0.05) is 6.07 Å². The predicted molar refractivity (Wildman–Crippen MR) is 93.9 cm³/mol. The number of ether oxygens (including phenoxy) is 2. The number of nitrogens with zero attached hydrogens (tertiary/aromatic N) is 3. The lowest BCUT2D eigenvalue weighted by molar-refractivity contribution is 0.171. The van der Waals surface area contributed by atoms with Crippen molar-refractivity contribution in [3.63, 3.8) is 0 Å². The highest BCUT2D eigenvalue weighted by molar-refractivity contribution is 9.10. The van der Waals surface area contributed by atoms with Gasteiger partial charge in [0.25, 0.3) is 5.56 Å². The fourth-order valence-electron chi connectivity index (χ4n) is 3.37. The molecule has 4 rings (SSSR count). The molecule has 0 saturated carbocycles. The van der Waals surface area contributed by atoms with Gasteiger partial charge in [0, 0.05) is 13.6 Å². The Balaban J connectivity index is 1.71. The lowest BCUT2D eigenvalue weighted by atomic mass is 10.0. The third-order valence-corrected chi connectivity index (χ3v) is 5.32. The average Bonchev–Trinajstić information content (AvgIpc) is 3.09. The zero-order valence-electron chi connectivity index (χ0n) is 13.4. The molecule has 0 spiro atoms. The van der Waals surface area contributed by atoms with E-state index in [4.69, 9.17) is 9.47 Å². The Kier molecular flexibility index (Phi) is 3.96. The highest BCUT2D eigenvalue weighted by Crippen LogP contribution is 2.41. The topological polar surface area (TPSA) is 56.6 Å². The molecule has 2 aliphatic heterocycles. The standard InChI is InChI=1S/C17H18BrN3O3/c1-20-17(22)16(18)13(10-19-20)21-6-2-3-12(21)11-4-5-14-15(9-11)24-8-7-23-14/h4-5,9-10,12H,2-3,6-8H2,1H3. The van der Waals surface area contributed by atoms with Crippen LogP contribution in [0.15, 0.2) is 33.7 Å². The Bertz CT molecular complexity index is 836. The van der Waals surface area contributed by atoms with Gasteiger partial charge in [0.1, 0.15) is 17.7 Å². The molecule has 1 aromatic heterocycles. The largest absolute Gasteiger partial charge is 0.486 e. The Morgan fingerprint density at radius 2 is 2.04 bits per heavy atom. The van der Waals surface area contributed by atoms with E-state index in [2.05, 4.69) is 38.1 Å². The molecule has 1 saturated heterocycles. The van der Waals surface area contributed by atoms with Gasteiger partial charge < -0.3 is 14.4 Å². The van der Waals surface area contributed by atoms with Crippen molar-refractivity contribution in [2.45, 2.75) is 18.9 Å². The SMILES string of the molecule is Cn1ncc(N2CCCC2c2ccc3c(c2)OCCO3)c(Br)c1=O. The Morgan fingerprint density at radius 3 is 2.88 bits per heavy atom. The molecule has 0 amide bonds. The van der Waals surface area contributed by atoms with Crippen molar-refractivity contribution in [3.8, 4) is 11.5 Å². The van der Waals surface area contributed by atoms with E-state index in [0.717, 1.165) is 36.6 Å². The fourth-order valence-corrected chi connectivity index (χ4v) is 3.96. The second-order valence-corrected chi connectivity index (χ2v) is 6.82. The first kappa shape index (κ1) is 15.5. The van der Waals surface area contributed by atoms with Gasteiger partial charge in [0.2, 0.25) is 0 Å². The monoisotopic (exact) mass is 391 g/mol. The summed E-state index contributed by atoms with van der Waals surface area (Å²) in [5.41, 5.74) is 1.89. The molecule has 126 valence electrons. The van der Waals surface area contributed by atoms with Crippen LogP contribution in [0.4, 0.5) is 5.69 Å². The van der Waals surface area contributed by atoms with Gasteiger partial charge in [-0.15, -0.1) is 0 Å². The van der Waals surface area contributed by atoms with Crippen LogP contribution in [0, 0.1) is 0 Å².